The van der Waals surface area contributed by atoms with Crippen molar-refractivity contribution in [3.8, 4) is 0 Å². The lowest BCUT2D eigenvalue weighted by atomic mass is 9.88. The van der Waals surface area contributed by atoms with Crippen LogP contribution in [0.4, 0.5) is 11.4 Å². The van der Waals surface area contributed by atoms with E-state index in [1.807, 2.05) is 30.0 Å². The first-order valence-corrected chi connectivity index (χ1v) is 9.71. The lowest BCUT2D eigenvalue weighted by Gasteiger charge is -2.35. The number of rotatable bonds is 4. The third-order valence-electron chi connectivity index (χ3n) is 3.19. The number of para-hydroxylation sites is 2. The topological polar surface area (TPSA) is 58.2 Å². The standard InChI is InChI=1S/C14H22N2O2S2/c1-14(2)8-11(9-19-10-14)15-12-6-4-5-7-13(12)16-20(3,17)18/h4-7,11,15-16H,8-10H2,1-3H3. The molecule has 0 spiro atoms. The molecule has 1 heterocycles. The zero-order chi connectivity index (χ0) is 14.8. The minimum atomic E-state index is -3.26. The Kier molecular flexibility index (Phi) is 4.54. The third kappa shape index (κ3) is 4.59. The molecule has 2 N–H and O–H groups in total. The lowest BCUT2D eigenvalue weighted by molar-refractivity contribution is 0.358. The maximum absolute atomic E-state index is 11.4. The van der Waals surface area contributed by atoms with E-state index in [0.29, 0.717) is 17.1 Å². The molecule has 0 aromatic heterocycles. The van der Waals surface area contributed by atoms with Crippen LogP contribution in [0.25, 0.3) is 0 Å². The van der Waals surface area contributed by atoms with E-state index in [4.69, 9.17) is 0 Å². The number of nitrogens with one attached hydrogen (secondary N) is 2. The number of sulfonamides is 1. The van der Waals surface area contributed by atoms with Crippen LogP contribution in [0.2, 0.25) is 0 Å². The highest BCUT2D eigenvalue weighted by Crippen LogP contribution is 2.35. The molecule has 20 heavy (non-hydrogen) atoms. The number of hydrogen-bond donors (Lipinski definition) is 2. The first-order valence-electron chi connectivity index (χ1n) is 6.66. The summed E-state index contributed by atoms with van der Waals surface area (Å²) in [6.45, 7) is 4.54. The van der Waals surface area contributed by atoms with Crippen LogP contribution in [0.5, 0.6) is 0 Å². The molecule has 0 radical (unpaired) electrons. The van der Waals surface area contributed by atoms with Crippen LogP contribution in [0.15, 0.2) is 24.3 Å². The van der Waals surface area contributed by atoms with Crippen LogP contribution in [-0.2, 0) is 10.0 Å². The molecule has 0 bridgehead atoms. The largest absolute Gasteiger partial charge is 0.380 e. The molecule has 4 nitrogen and oxygen atoms in total. The predicted molar refractivity (Wildman–Crippen MR) is 88.0 cm³/mol. The molecule has 0 aliphatic carbocycles. The van der Waals surface area contributed by atoms with Gasteiger partial charge in [0.05, 0.1) is 17.6 Å². The fraction of sp³-hybridized carbons (Fsp3) is 0.571. The summed E-state index contributed by atoms with van der Waals surface area (Å²) in [4.78, 5) is 0. The van der Waals surface area contributed by atoms with Gasteiger partial charge in [0.2, 0.25) is 10.0 Å². The van der Waals surface area contributed by atoms with Crippen LogP contribution in [0, 0.1) is 5.41 Å². The van der Waals surface area contributed by atoms with E-state index in [9.17, 15) is 8.42 Å². The zero-order valence-electron chi connectivity index (χ0n) is 12.1. The van der Waals surface area contributed by atoms with E-state index in [2.05, 4.69) is 23.9 Å². The summed E-state index contributed by atoms with van der Waals surface area (Å²) in [7, 11) is -3.26. The Morgan fingerprint density at radius 1 is 1.25 bits per heavy atom. The van der Waals surface area contributed by atoms with Gasteiger partial charge in [-0.3, -0.25) is 4.72 Å². The Balaban J connectivity index is 2.13. The van der Waals surface area contributed by atoms with Gasteiger partial charge in [-0.1, -0.05) is 26.0 Å². The molecule has 1 unspecified atom stereocenters. The number of benzene rings is 1. The van der Waals surface area contributed by atoms with Gasteiger partial charge in [0.15, 0.2) is 0 Å². The van der Waals surface area contributed by atoms with Crippen molar-refractivity contribution in [3.05, 3.63) is 24.3 Å². The third-order valence-corrected chi connectivity index (χ3v) is 5.41. The van der Waals surface area contributed by atoms with Crippen molar-refractivity contribution in [3.63, 3.8) is 0 Å². The molecule has 1 aliphatic heterocycles. The molecule has 1 aliphatic rings. The summed E-state index contributed by atoms with van der Waals surface area (Å²) in [6, 6.07) is 7.81. The average Bonchev–Trinajstić information content (AvgIpc) is 2.28. The van der Waals surface area contributed by atoms with Gasteiger partial charge in [-0.25, -0.2) is 8.42 Å². The first-order chi connectivity index (χ1) is 9.25. The van der Waals surface area contributed by atoms with Gasteiger partial charge < -0.3 is 5.32 Å². The molecule has 1 aromatic carbocycles. The van der Waals surface area contributed by atoms with Crippen LogP contribution in [0.3, 0.4) is 0 Å². The summed E-state index contributed by atoms with van der Waals surface area (Å²) >= 11 is 1.95. The SMILES string of the molecule is CC1(C)CSCC(Nc2ccccc2NS(C)(=O)=O)C1. The molecule has 1 fully saturated rings. The van der Waals surface area contributed by atoms with Gasteiger partial charge in [-0.05, 0) is 29.7 Å². The number of anilines is 2. The quantitative estimate of drug-likeness (QED) is 0.897. The van der Waals surface area contributed by atoms with Gasteiger partial charge >= 0.3 is 0 Å². The van der Waals surface area contributed by atoms with E-state index < -0.39 is 10.0 Å². The van der Waals surface area contributed by atoms with Crippen molar-refractivity contribution in [2.45, 2.75) is 26.3 Å². The second-order valence-electron chi connectivity index (χ2n) is 6.14. The predicted octanol–water partition coefficient (Wildman–Crippen LogP) is 3.00. The Bertz CT molecular complexity index is 570. The van der Waals surface area contributed by atoms with Crippen molar-refractivity contribution in [2.24, 2.45) is 5.41 Å². The lowest BCUT2D eigenvalue weighted by Crippen LogP contribution is -2.35. The Morgan fingerprint density at radius 3 is 2.50 bits per heavy atom. The minimum Gasteiger partial charge on any atom is -0.380 e. The Hall–Kier alpha value is -0.880. The smallest absolute Gasteiger partial charge is 0.229 e. The molecule has 2 rings (SSSR count). The van der Waals surface area contributed by atoms with E-state index in [1.54, 1.807) is 6.07 Å². The van der Waals surface area contributed by atoms with Gasteiger partial charge in [0.1, 0.15) is 0 Å². The molecule has 1 saturated heterocycles. The maximum Gasteiger partial charge on any atom is 0.229 e. The average molecular weight is 314 g/mol. The second kappa shape index (κ2) is 5.85. The van der Waals surface area contributed by atoms with E-state index in [-0.39, 0.29) is 0 Å². The fourth-order valence-electron chi connectivity index (χ4n) is 2.47. The molecular weight excluding hydrogens is 292 g/mol. The number of thioether (sulfide) groups is 1. The van der Waals surface area contributed by atoms with Crippen molar-refractivity contribution < 1.29 is 8.42 Å². The maximum atomic E-state index is 11.4. The highest BCUT2D eigenvalue weighted by Gasteiger charge is 2.28. The molecule has 0 saturated carbocycles. The first kappa shape index (κ1) is 15.5. The summed E-state index contributed by atoms with van der Waals surface area (Å²) < 4.78 is 25.4. The summed E-state index contributed by atoms with van der Waals surface area (Å²) in [5.41, 5.74) is 1.78. The number of hydrogen-bond acceptors (Lipinski definition) is 4. The van der Waals surface area contributed by atoms with E-state index in [1.165, 1.54) is 12.0 Å². The van der Waals surface area contributed by atoms with Crippen molar-refractivity contribution in [1.29, 1.82) is 0 Å². The second-order valence-corrected chi connectivity index (χ2v) is 8.92. The highest BCUT2D eigenvalue weighted by atomic mass is 32.2. The summed E-state index contributed by atoms with van der Waals surface area (Å²) in [5, 5.41) is 3.48. The van der Waals surface area contributed by atoms with Crippen LogP contribution >= 0.6 is 11.8 Å². The monoisotopic (exact) mass is 314 g/mol. The molecular formula is C14H22N2O2S2. The minimum absolute atomic E-state index is 0.319. The molecule has 6 heteroatoms. The zero-order valence-corrected chi connectivity index (χ0v) is 13.8. The van der Waals surface area contributed by atoms with Gasteiger partial charge in [0.25, 0.3) is 0 Å². The summed E-state index contributed by atoms with van der Waals surface area (Å²) in [6.07, 6.45) is 2.26. The Morgan fingerprint density at radius 2 is 1.90 bits per heavy atom. The van der Waals surface area contributed by atoms with Crippen molar-refractivity contribution in [2.75, 3.05) is 27.8 Å². The highest BCUT2D eigenvalue weighted by molar-refractivity contribution is 7.99. The van der Waals surface area contributed by atoms with E-state index in [0.717, 1.165) is 17.9 Å². The van der Waals surface area contributed by atoms with Crippen LogP contribution < -0.4 is 10.0 Å². The molecule has 0 amide bonds. The normalized spacial score (nSPS) is 22.2. The van der Waals surface area contributed by atoms with Gasteiger partial charge in [0, 0.05) is 11.8 Å². The van der Waals surface area contributed by atoms with Crippen molar-refractivity contribution in [1.82, 2.24) is 0 Å². The summed E-state index contributed by atoms with van der Waals surface area (Å²) in [5.74, 6) is 2.23. The molecule has 1 atom stereocenters. The van der Waals surface area contributed by atoms with Crippen LogP contribution in [-0.4, -0.2) is 32.2 Å². The Labute approximate surface area is 125 Å². The van der Waals surface area contributed by atoms with Gasteiger partial charge in [-0.15, -0.1) is 0 Å². The van der Waals surface area contributed by atoms with E-state index >= 15 is 0 Å². The fourth-order valence-corrected chi connectivity index (χ4v) is 4.32. The molecule has 1 aromatic rings. The van der Waals surface area contributed by atoms with Crippen LogP contribution in [0.1, 0.15) is 20.3 Å². The molecule has 112 valence electrons. The van der Waals surface area contributed by atoms with Gasteiger partial charge in [-0.2, -0.15) is 11.8 Å². The van der Waals surface area contributed by atoms with Crippen molar-refractivity contribution >= 4 is 33.2 Å².